The van der Waals surface area contributed by atoms with Crippen molar-refractivity contribution in [1.29, 1.82) is 0 Å². The second kappa shape index (κ2) is 8.50. The Labute approximate surface area is 165 Å². The molecule has 6 heteroatoms. The van der Waals surface area contributed by atoms with Gasteiger partial charge in [0.1, 0.15) is 5.75 Å². The summed E-state index contributed by atoms with van der Waals surface area (Å²) >= 11 is 0. The van der Waals surface area contributed by atoms with Gasteiger partial charge in [0.2, 0.25) is 11.3 Å². The Morgan fingerprint density at radius 1 is 1.29 bits per heavy atom. The molecule has 0 aliphatic heterocycles. The fraction of sp³-hybridized carbons (Fsp3) is 0.455. The number of carbonyl (C=O) groups excluding carboxylic acids is 1. The standard InChI is InChI=1S/C22H28N2O4/c1-3-11-24(17-7-8-18-16(14-17)5-4-6-19(18)25)21(27)10-13-23-12-9-20(26)22(28)15(23)2/h4-6,9,12,17,25,28H,3,7-8,10-11,13-14H2,1-2H3/t17-/m0/s1. The van der Waals surface area contributed by atoms with Gasteiger partial charge >= 0.3 is 0 Å². The lowest BCUT2D eigenvalue weighted by atomic mass is 9.86. The van der Waals surface area contributed by atoms with Crippen LogP contribution in [0.3, 0.4) is 0 Å². The Morgan fingerprint density at radius 2 is 2.07 bits per heavy atom. The third-order valence-electron chi connectivity index (χ3n) is 5.64. The highest BCUT2D eigenvalue weighted by Crippen LogP contribution is 2.31. The SMILES string of the molecule is CCCN(C(=O)CCn1ccc(=O)c(O)c1C)[C@H]1CCc2c(O)cccc2C1. The van der Waals surface area contributed by atoms with Gasteiger partial charge in [-0.15, -0.1) is 0 Å². The Hall–Kier alpha value is -2.76. The van der Waals surface area contributed by atoms with Crippen LogP contribution < -0.4 is 5.43 Å². The number of hydrogen-bond donors (Lipinski definition) is 2. The van der Waals surface area contributed by atoms with Crippen molar-refractivity contribution in [3.05, 3.63) is 57.5 Å². The number of rotatable bonds is 6. The molecule has 1 atom stereocenters. The first-order valence-electron chi connectivity index (χ1n) is 9.90. The Kier molecular flexibility index (Phi) is 6.07. The van der Waals surface area contributed by atoms with E-state index in [1.807, 2.05) is 17.0 Å². The van der Waals surface area contributed by atoms with E-state index in [1.54, 1.807) is 23.8 Å². The van der Waals surface area contributed by atoms with Gasteiger partial charge in [-0.05, 0) is 49.8 Å². The third-order valence-corrected chi connectivity index (χ3v) is 5.64. The molecule has 28 heavy (non-hydrogen) atoms. The van der Waals surface area contributed by atoms with E-state index in [0.717, 1.165) is 36.8 Å². The zero-order chi connectivity index (χ0) is 20.3. The maximum atomic E-state index is 13.0. The van der Waals surface area contributed by atoms with E-state index in [1.165, 1.54) is 6.07 Å². The van der Waals surface area contributed by atoms with Crippen molar-refractivity contribution in [2.45, 2.75) is 58.5 Å². The Balaban J connectivity index is 1.71. The maximum Gasteiger partial charge on any atom is 0.224 e. The van der Waals surface area contributed by atoms with E-state index in [2.05, 4.69) is 6.92 Å². The highest BCUT2D eigenvalue weighted by molar-refractivity contribution is 5.76. The van der Waals surface area contributed by atoms with Crippen molar-refractivity contribution < 1.29 is 15.0 Å². The molecule has 0 saturated carbocycles. The van der Waals surface area contributed by atoms with Gasteiger partial charge in [-0.25, -0.2) is 0 Å². The average Bonchev–Trinajstić information content (AvgIpc) is 2.69. The number of aromatic hydroxyl groups is 2. The number of phenols is 1. The van der Waals surface area contributed by atoms with Gasteiger partial charge in [0.05, 0.1) is 5.69 Å². The van der Waals surface area contributed by atoms with Gasteiger partial charge in [-0.1, -0.05) is 19.1 Å². The van der Waals surface area contributed by atoms with E-state index in [4.69, 9.17) is 0 Å². The molecule has 150 valence electrons. The average molecular weight is 384 g/mol. The molecule has 1 aliphatic carbocycles. The second-order valence-electron chi connectivity index (χ2n) is 7.46. The lowest BCUT2D eigenvalue weighted by Gasteiger charge is -2.35. The summed E-state index contributed by atoms with van der Waals surface area (Å²) in [5.41, 5.74) is 2.19. The number of fused-ring (bicyclic) bond motifs is 1. The third kappa shape index (κ3) is 4.06. The summed E-state index contributed by atoms with van der Waals surface area (Å²) in [7, 11) is 0. The van der Waals surface area contributed by atoms with Crippen LogP contribution in [0.2, 0.25) is 0 Å². The van der Waals surface area contributed by atoms with Crippen molar-refractivity contribution in [3.63, 3.8) is 0 Å². The van der Waals surface area contributed by atoms with Crippen molar-refractivity contribution in [1.82, 2.24) is 9.47 Å². The first-order valence-corrected chi connectivity index (χ1v) is 9.90. The zero-order valence-corrected chi connectivity index (χ0v) is 16.5. The first-order chi connectivity index (χ1) is 13.4. The number of nitrogens with zero attached hydrogens (tertiary/aromatic N) is 2. The highest BCUT2D eigenvalue weighted by Gasteiger charge is 2.28. The summed E-state index contributed by atoms with van der Waals surface area (Å²) in [6.45, 7) is 4.86. The molecule has 3 rings (SSSR count). The smallest absolute Gasteiger partial charge is 0.224 e. The number of phenolic OH excluding ortho intramolecular Hbond substituents is 1. The van der Waals surface area contributed by atoms with E-state index in [-0.39, 0.29) is 17.7 Å². The van der Waals surface area contributed by atoms with E-state index in [0.29, 0.717) is 31.0 Å². The van der Waals surface area contributed by atoms with E-state index in [9.17, 15) is 19.8 Å². The van der Waals surface area contributed by atoms with Crippen LogP contribution in [0.1, 0.15) is 43.0 Å². The van der Waals surface area contributed by atoms with Crippen molar-refractivity contribution >= 4 is 5.91 Å². The molecule has 0 spiro atoms. The number of aryl methyl sites for hydroxylation is 1. The van der Waals surface area contributed by atoms with Gasteiger partial charge in [0.15, 0.2) is 5.75 Å². The van der Waals surface area contributed by atoms with Crippen molar-refractivity contribution in [3.8, 4) is 11.5 Å². The van der Waals surface area contributed by atoms with Gasteiger partial charge < -0.3 is 19.7 Å². The number of benzene rings is 1. The normalized spacial score (nSPS) is 15.9. The summed E-state index contributed by atoms with van der Waals surface area (Å²) in [5, 5.41) is 19.9. The monoisotopic (exact) mass is 384 g/mol. The summed E-state index contributed by atoms with van der Waals surface area (Å²) in [5.74, 6) is 0.162. The second-order valence-corrected chi connectivity index (χ2v) is 7.46. The predicted molar refractivity (Wildman–Crippen MR) is 108 cm³/mol. The van der Waals surface area contributed by atoms with Gasteiger partial charge in [0, 0.05) is 37.8 Å². The molecule has 0 unspecified atom stereocenters. The zero-order valence-electron chi connectivity index (χ0n) is 16.5. The van der Waals surface area contributed by atoms with Gasteiger partial charge in [-0.3, -0.25) is 9.59 Å². The largest absolute Gasteiger partial charge is 0.508 e. The maximum absolute atomic E-state index is 13.0. The molecule has 1 aromatic carbocycles. The lowest BCUT2D eigenvalue weighted by molar-refractivity contribution is -0.134. The summed E-state index contributed by atoms with van der Waals surface area (Å²) < 4.78 is 1.74. The molecule has 0 fully saturated rings. The fourth-order valence-corrected chi connectivity index (χ4v) is 4.05. The van der Waals surface area contributed by atoms with Crippen LogP contribution in [0.15, 0.2) is 35.3 Å². The molecular formula is C22H28N2O4. The molecule has 0 bridgehead atoms. The number of carbonyl (C=O) groups is 1. The van der Waals surface area contributed by atoms with Crippen LogP contribution in [0, 0.1) is 6.92 Å². The molecule has 1 aliphatic rings. The number of aromatic nitrogens is 1. The Morgan fingerprint density at radius 3 is 2.82 bits per heavy atom. The molecule has 1 heterocycles. The van der Waals surface area contributed by atoms with E-state index < -0.39 is 5.43 Å². The molecule has 1 amide bonds. The van der Waals surface area contributed by atoms with Crippen LogP contribution in [-0.4, -0.2) is 38.2 Å². The Bertz CT molecular complexity index is 919. The quantitative estimate of drug-likeness (QED) is 0.802. The molecular weight excluding hydrogens is 356 g/mol. The van der Waals surface area contributed by atoms with Crippen LogP contribution >= 0.6 is 0 Å². The molecule has 6 nitrogen and oxygen atoms in total. The predicted octanol–water partition coefficient (Wildman–Crippen LogP) is 2.75. The topological polar surface area (TPSA) is 82.8 Å². The number of amides is 1. The lowest BCUT2D eigenvalue weighted by Crippen LogP contribution is -2.44. The molecule has 2 N–H and O–H groups in total. The minimum absolute atomic E-state index is 0.0769. The minimum atomic E-state index is -0.406. The molecule has 0 radical (unpaired) electrons. The van der Waals surface area contributed by atoms with Crippen molar-refractivity contribution in [2.75, 3.05) is 6.54 Å². The van der Waals surface area contributed by atoms with Gasteiger partial charge in [-0.2, -0.15) is 0 Å². The van der Waals surface area contributed by atoms with Crippen LogP contribution in [0.25, 0.3) is 0 Å². The number of pyridine rings is 1. The van der Waals surface area contributed by atoms with Crippen molar-refractivity contribution in [2.24, 2.45) is 0 Å². The van der Waals surface area contributed by atoms with Crippen LogP contribution in [-0.2, 0) is 24.2 Å². The van der Waals surface area contributed by atoms with Crippen LogP contribution in [0.5, 0.6) is 11.5 Å². The first kappa shape index (κ1) is 20.0. The minimum Gasteiger partial charge on any atom is -0.508 e. The molecule has 0 saturated heterocycles. The molecule has 2 aromatic rings. The highest BCUT2D eigenvalue weighted by atomic mass is 16.3. The van der Waals surface area contributed by atoms with Crippen LogP contribution in [0.4, 0.5) is 0 Å². The summed E-state index contributed by atoms with van der Waals surface area (Å²) in [6, 6.07) is 7.05. The fourth-order valence-electron chi connectivity index (χ4n) is 4.05. The summed E-state index contributed by atoms with van der Waals surface area (Å²) in [6.07, 6.45) is 5.18. The van der Waals surface area contributed by atoms with Gasteiger partial charge in [0.25, 0.3) is 0 Å². The number of hydrogen-bond acceptors (Lipinski definition) is 4. The summed E-state index contributed by atoms with van der Waals surface area (Å²) in [4.78, 5) is 26.4. The van der Waals surface area contributed by atoms with E-state index >= 15 is 0 Å². The molecule has 1 aromatic heterocycles.